The summed E-state index contributed by atoms with van der Waals surface area (Å²) < 4.78 is 6.04. The van der Waals surface area contributed by atoms with Crippen LogP contribution in [0.4, 0.5) is 6.01 Å². The number of anilines is 1. The SMILES string of the molecule is O=C(/C=C/c1ccccc1)N[C@H](Cc1ccccc1)c1nnc(N2CCCCCC2)o1. The summed E-state index contributed by atoms with van der Waals surface area (Å²) >= 11 is 0. The van der Waals surface area contributed by atoms with E-state index >= 15 is 0 Å². The first-order valence-electron chi connectivity index (χ1n) is 10.9. The molecule has 0 aliphatic carbocycles. The summed E-state index contributed by atoms with van der Waals surface area (Å²) in [5.41, 5.74) is 2.06. The standard InChI is InChI=1S/C25H28N4O2/c30-23(16-15-20-11-5-3-6-12-20)26-22(19-21-13-7-4-8-14-21)24-27-28-25(31-24)29-17-9-1-2-10-18-29/h3-8,11-16,22H,1-2,9-10,17-19H2,(H,26,30)/b16-15+/t22-/m1/s1. The van der Waals surface area contributed by atoms with Gasteiger partial charge in [-0.25, -0.2) is 0 Å². The quantitative estimate of drug-likeness (QED) is 0.572. The van der Waals surface area contributed by atoms with E-state index in [4.69, 9.17) is 4.42 Å². The molecule has 31 heavy (non-hydrogen) atoms. The van der Waals surface area contributed by atoms with E-state index in [1.54, 1.807) is 12.2 Å². The van der Waals surface area contributed by atoms with Gasteiger partial charge < -0.3 is 14.6 Å². The number of hydrogen-bond acceptors (Lipinski definition) is 5. The minimum absolute atomic E-state index is 0.195. The normalized spacial score (nSPS) is 15.5. The Bertz CT molecular complexity index is 977. The van der Waals surface area contributed by atoms with E-state index in [-0.39, 0.29) is 5.91 Å². The van der Waals surface area contributed by atoms with Crippen LogP contribution in [0.15, 0.2) is 71.2 Å². The highest BCUT2D eigenvalue weighted by Crippen LogP contribution is 2.23. The topological polar surface area (TPSA) is 71.3 Å². The molecule has 1 aromatic heterocycles. The molecule has 160 valence electrons. The first-order chi connectivity index (χ1) is 15.3. The molecule has 3 aromatic rings. The largest absolute Gasteiger partial charge is 0.406 e. The van der Waals surface area contributed by atoms with Gasteiger partial charge in [-0.2, -0.15) is 0 Å². The average Bonchev–Trinajstić information content (AvgIpc) is 3.14. The van der Waals surface area contributed by atoms with Crippen LogP contribution in [-0.2, 0) is 11.2 Å². The van der Waals surface area contributed by atoms with Crippen LogP contribution in [-0.4, -0.2) is 29.2 Å². The third-order valence-corrected chi connectivity index (χ3v) is 5.43. The molecule has 0 bridgehead atoms. The highest BCUT2D eigenvalue weighted by molar-refractivity contribution is 5.91. The third-order valence-electron chi connectivity index (χ3n) is 5.43. The third kappa shape index (κ3) is 6.04. The minimum Gasteiger partial charge on any atom is -0.406 e. The Kier molecular flexibility index (Phi) is 7.11. The molecule has 1 aliphatic heterocycles. The zero-order valence-electron chi connectivity index (χ0n) is 17.6. The first-order valence-corrected chi connectivity index (χ1v) is 10.9. The molecule has 1 atom stereocenters. The maximum atomic E-state index is 12.6. The molecule has 2 heterocycles. The van der Waals surface area contributed by atoms with Crippen molar-refractivity contribution in [3.63, 3.8) is 0 Å². The summed E-state index contributed by atoms with van der Waals surface area (Å²) in [7, 11) is 0. The van der Waals surface area contributed by atoms with E-state index < -0.39 is 6.04 Å². The lowest BCUT2D eigenvalue weighted by Crippen LogP contribution is -2.28. The van der Waals surface area contributed by atoms with E-state index in [2.05, 4.69) is 20.4 Å². The van der Waals surface area contributed by atoms with Crippen LogP contribution in [0.2, 0.25) is 0 Å². The molecule has 0 radical (unpaired) electrons. The highest BCUT2D eigenvalue weighted by atomic mass is 16.4. The van der Waals surface area contributed by atoms with Crippen molar-refractivity contribution < 1.29 is 9.21 Å². The zero-order chi connectivity index (χ0) is 21.3. The Morgan fingerprint density at radius 3 is 2.35 bits per heavy atom. The van der Waals surface area contributed by atoms with E-state index in [9.17, 15) is 4.79 Å². The average molecular weight is 417 g/mol. The predicted molar refractivity (Wildman–Crippen MR) is 121 cm³/mol. The lowest BCUT2D eigenvalue weighted by atomic mass is 10.1. The zero-order valence-corrected chi connectivity index (χ0v) is 17.6. The van der Waals surface area contributed by atoms with Gasteiger partial charge in [0, 0.05) is 25.6 Å². The summed E-state index contributed by atoms with van der Waals surface area (Å²) in [5.74, 6) is 0.240. The van der Waals surface area contributed by atoms with E-state index in [0.29, 0.717) is 18.3 Å². The molecular formula is C25H28N4O2. The van der Waals surface area contributed by atoms with Crippen LogP contribution in [0, 0.1) is 0 Å². The van der Waals surface area contributed by atoms with Gasteiger partial charge in [-0.1, -0.05) is 78.6 Å². The summed E-state index contributed by atoms with van der Waals surface area (Å²) in [6, 6.07) is 19.9. The van der Waals surface area contributed by atoms with Crippen molar-refractivity contribution in [3.05, 3.63) is 83.8 Å². The van der Waals surface area contributed by atoms with Crippen molar-refractivity contribution in [3.8, 4) is 0 Å². The van der Waals surface area contributed by atoms with Crippen LogP contribution in [0.5, 0.6) is 0 Å². The number of benzene rings is 2. The van der Waals surface area contributed by atoms with Crippen molar-refractivity contribution in [2.24, 2.45) is 0 Å². The van der Waals surface area contributed by atoms with Gasteiger partial charge in [-0.15, -0.1) is 5.10 Å². The summed E-state index contributed by atoms with van der Waals surface area (Å²) in [4.78, 5) is 14.8. The molecule has 1 amide bonds. The number of carbonyl (C=O) groups excluding carboxylic acids is 1. The Hall–Kier alpha value is -3.41. The number of amides is 1. The monoisotopic (exact) mass is 416 g/mol. The Morgan fingerprint density at radius 2 is 1.65 bits per heavy atom. The maximum Gasteiger partial charge on any atom is 0.318 e. The second-order valence-corrected chi connectivity index (χ2v) is 7.82. The molecule has 0 saturated carbocycles. The van der Waals surface area contributed by atoms with E-state index in [0.717, 1.165) is 37.1 Å². The van der Waals surface area contributed by atoms with Crippen LogP contribution in [0.25, 0.3) is 6.08 Å². The molecule has 1 N–H and O–H groups in total. The number of nitrogens with one attached hydrogen (secondary N) is 1. The predicted octanol–water partition coefficient (Wildman–Crippen LogP) is 4.56. The Morgan fingerprint density at radius 1 is 0.968 bits per heavy atom. The molecule has 0 spiro atoms. The fraction of sp³-hybridized carbons (Fsp3) is 0.320. The van der Waals surface area contributed by atoms with Crippen molar-refractivity contribution in [1.82, 2.24) is 15.5 Å². The molecule has 4 rings (SSSR count). The fourth-order valence-electron chi connectivity index (χ4n) is 3.76. The molecular weight excluding hydrogens is 388 g/mol. The lowest BCUT2D eigenvalue weighted by molar-refractivity contribution is -0.117. The van der Waals surface area contributed by atoms with Crippen molar-refractivity contribution >= 4 is 18.0 Å². The molecule has 6 nitrogen and oxygen atoms in total. The van der Waals surface area contributed by atoms with Crippen LogP contribution in [0.1, 0.15) is 48.7 Å². The van der Waals surface area contributed by atoms with Crippen LogP contribution < -0.4 is 10.2 Å². The van der Waals surface area contributed by atoms with Crippen LogP contribution >= 0.6 is 0 Å². The second-order valence-electron chi connectivity index (χ2n) is 7.82. The van der Waals surface area contributed by atoms with E-state index in [1.165, 1.54) is 12.8 Å². The number of rotatable bonds is 7. The van der Waals surface area contributed by atoms with Crippen molar-refractivity contribution in [1.29, 1.82) is 0 Å². The lowest BCUT2D eigenvalue weighted by Gasteiger charge is -2.17. The van der Waals surface area contributed by atoms with Gasteiger partial charge in [0.1, 0.15) is 6.04 Å². The van der Waals surface area contributed by atoms with Gasteiger partial charge in [0.15, 0.2) is 0 Å². The van der Waals surface area contributed by atoms with Gasteiger partial charge in [0.25, 0.3) is 0 Å². The second kappa shape index (κ2) is 10.6. The smallest absolute Gasteiger partial charge is 0.318 e. The summed E-state index contributed by atoms with van der Waals surface area (Å²) in [6.45, 7) is 1.86. The molecule has 1 aliphatic rings. The number of nitrogens with zero attached hydrogens (tertiary/aromatic N) is 3. The van der Waals surface area contributed by atoms with Gasteiger partial charge in [-0.05, 0) is 30.0 Å². The molecule has 1 fully saturated rings. The van der Waals surface area contributed by atoms with Gasteiger partial charge >= 0.3 is 6.01 Å². The fourth-order valence-corrected chi connectivity index (χ4v) is 3.76. The number of hydrogen-bond donors (Lipinski definition) is 1. The van der Waals surface area contributed by atoms with E-state index in [1.807, 2.05) is 60.7 Å². The van der Waals surface area contributed by atoms with Crippen molar-refractivity contribution in [2.75, 3.05) is 18.0 Å². The molecule has 6 heteroatoms. The van der Waals surface area contributed by atoms with Crippen molar-refractivity contribution in [2.45, 2.75) is 38.1 Å². The van der Waals surface area contributed by atoms with Gasteiger partial charge in [-0.3, -0.25) is 4.79 Å². The molecule has 0 unspecified atom stereocenters. The van der Waals surface area contributed by atoms with Gasteiger partial charge in [0.2, 0.25) is 11.8 Å². The summed E-state index contributed by atoms with van der Waals surface area (Å²) in [6.07, 6.45) is 8.65. The van der Waals surface area contributed by atoms with Crippen LogP contribution in [0.3, 0.4) is 0 Å². The number of aromatic nitrogens is 2. The first kappa shape index (κ1) is 20.8. The maximum absolute atomic E-state index is 12.6. The number of carbonyl (C=O) groups is 1. The Balaban J connectivity index is 1.50. The van der Waals surface area contributed by atoms with Gasteiger partial charge in [0.05, 0.1) is 0 Å². The Labute approximate surface area is 183 Å². The molecule has 2 aromatic carbocycles. The molecule has 1 saturated heterocycles. The highest BCUT2D eigenvalue weighted by Gasteiger charge is 2.23. The minimum atomic E-state index is -0.399. The summed E-state index contributed by atoms with van der Waals surface area (Å²) in [5, 5.41) is 11.6.